The van der Waals surface area contributed by atoms with E-state index in [1.54, 1.807) is 0 Å². The topological polar surface area (TPSA) is 13.0 Å². The summed E-state index contributed by atoms with van der Waals surface area (Å²) in [6, 6.07) is 86.7. The second-order valence-electron chi connectivity index (χ2n) is 12.5. The zero-order valence-corrected chi connectivity index (χ0v) is 31.4. The van der Waals surface area contributed by atoms with E-state index in [9.17, 15) is 0 Å². The highest BCUT2D eigenvalue weighted by molar-refractivity contribution is 7.83. The van der Waals surface area contributed by atoms with Crippen molar-refractivity contribution in [3.63, 3.8) is 0 Å². The van der Waals surface area contributed by atoms with Crippen molar-refractivity contribution in [3.05, 3.63) is 243 Å². The minimum absolute atomic E-state index is 0. The Morgan fingerprint density at radius 2 is 0.296 bits per heavy atom. The summed E-state index contributed by atoms with van der Waals surface area (Å²) in [6.45, 7) is 0. The summed E-state index contributed by atoms with van der Waals surface area (Å²) >= 11 is 0. The number of rotatable bonds is 12. The molecule has 0 fully saturated rings. The highest BCUT2D eigenvalue weighted by atomic mass is 35.5. The van der Waals surface area contributed by atoms with Crippen LogP contribution < -0.4 is 31.1 Å². The van der Waals surface area contributed by atoms with Gasteiger partial charge in [0.15, 0.2) is 0 Å². The minimum Gasteiger partial charge on any atom is -1.00 e. The van der Waals surface area contributed by atoms with Gasteiger partial charge in [-0.1, -0.05) is 146 Å². The molecule has 0 spiro atoms. The molecule has 0 N–H and O–H groups in total. The number of nitrogens with zero attached hydrogens (tertiary/aromatic N) is 4. The lowest BCUT2D eigenvalue weighted by Gasteiger charge is -2.52. The Morgan fingerprint density at radius 3 is 0.407 bits per heavy atom. The largest absolute Gasteiger partial charge is 1.00 e. The molecule has 0 aliphatic carbocycles. The molecule has 0 radical (unpaired) electrons. The van der Waals surface area contributed by atoms with Gasteiger partial charge in [-0.15, -0.1) is 0 Å². The Balaban J connectivity index is 0.00000450. The average Bonchev–Trinajstić information content (AvgIpc) is 3.24. The number of hydrogen-bond acceptors (Lipinski definition) is 4. The fourth-order valence-electron chi connectivity index (χ4n) is 6.93. The van der Waals surface area contributed by atoms with Crippen molar-refractivity contribution in [2.45, 2.75) is 0 Å². The molecule has 6 heteroatoms. The van der Waals surface area contributed by atoms with E-state index < -0.39 is 7.87 Å². The van der Waals surface area contributed by atoms with Gasteiger partial charge < -0.3 is 12.4 Å². The van der Waals surface area contributed by atoms with Crippen LogP contribution in [0.15, 0.2) is 243 Å². The Morgan fingerprint density at radius 1 is 0.185 bits per heavy atom. The predicted octanol–water partition coefficient (Wildman–Crippen LogP) is 11.0. The van der Waals surface area contributed by atoms with Crippen LogP contribution in [0.4, 0.5) is 45.5 Å². The molecule has 0 heterocycles. The summed E-state index contributed by atoms with van der Waals surface area (Å²) in [5.74, 6) is 0. The smallest absolute Gasteiger partial charge is 0.424 e. The van der Waals surface area contributed by atoms with E-state index >= 15 is 0 Å². The van der Waals surface area contributed by atoms with Gasteiger partial charge in [-0.05, 0) is 97.1 Å². The monoisotopic (exact) mass is 738 g/mol. The molecule has 0 aliphatic rings. The fourth-order valence-corrected chi connectivity index (χ4v) is 11.5. The molecule has 0 saturated carbocycles. The first-order valence-electron chi connectivity index (χ1n) is 17.9. The standard InChI is InChI=1S/C48H40N4P.ClH/c1-9-25-41(26-10-1)49(42-27-11-2-12-28-42)53(50(43-29-13-3-14-30-43)44-31-15-4-16-32-44,51(45-33-17-5-18-34-45)46-35-19-6-20-36-46)52(47-37-21-7-22-38-47)48-39-23-8-24-40-48;/h1-40H;1H/q+1;/p-1. The molecule has 54 heavy (non-hydrogen) atoms. The molecule has 4 nitrogen and oxygen atoms in total. The van der Waals surface area contributed by atoms with Gasteiger partial charge in [-0.2, -0.15) is 18.7 Å². The second kappa shape index (κ2) is 17.0. The third-order valence-electron chi connectivity index (χ3n) is 9.08. The van der Waals surface area contributed by atoms with Crippen LogP contribution >= 0.6 is 7.87 Å². The maximum atomic E-state index is 2.59. The van der Waals surface area contributed by atoms with Gasteiger partial charge in [0.25, 0.3) is 0 Å². The van der Waals surface area contributed by atoms with Crippen LogP contribution in [0, 0.1) is 0 Å². The van der Waals surface area contributed by atoms with Gasteiger partial charge in [0.1, 0.15) is 0 Å². The van der Waals surface area contributed by atoms with Crippen LogP contribution in [-0.4, -0.2) is 0 Å². The van der Waals surface area contributed by atoms with E-state index in [4.69, 9.17) is 0 Å². The quantitative estimate of drug-likeness (QED) is 0.116. The maximum absolute atomic E-state index is 3.38. The Kier molecular flexibility index (Phi) is 11.4. The summed E-state index contributed by atoms with van der Waals surface area (Å²) < 4.78 is 10.4. The zero-order valence-electron chi connectivity index (χ0n) is 29.7. The normalized spacial score (nSPS) is 10.8. The van der Waals surface area contributed by atoms with Gasteiger partial charge in [0.2, 0.25) is 0 Å². The van der Waals surface area contributed by atoms with Crippen molar-refractivity contribution in [1.29, 1.82) is 0 Å². The summed E-state index contributed by atoms with van der Waals surface area (Å²) in [5, 5.41) is 0. The number of benzene rings is 8. The van der Waals surface area contributed by atoms with Crippen molar-refractivity contribution >= 4 is 53.4 Å². The van der Waals surface area contributed by atoms with Crippen LogP contribution in [0.1, 0.15) is 0 Å². The van der Waals surface area contributed by atoms with Gasteiger partial charge in [-0.25, -0.2) is 0 Å². The summed E-state index contributed by atoms with van der Waals surface area (Å²) in [4.78, 5) is 0. The van der Waals surface area contributed by atoms with Crippen LogP contribution in [0.2, 0.25) is 0 Å². The third kappa shape index (κ3) is 7.06. The lowest BCUT2D eigenvalue weighted by atomic mass is 10.2. The third-order valence-corrected chi connectivity index (χ3v) is 13.1. The number of anilines is 8. The van der Waals surface area contributed by atoms with Crippen LogP contribution in [-0.2, 0) is 0 Å². The number of para-hydroxylation sites is 8. The highest BCUT2D eigenvalue weighted by Crippen LogP contribution is 2.80. The lowest BCUT2D eigenvalue weighted by molar-refractivity contribution is -0.0000102. The van der Waals surface area contributed by atoms with Crippen molar-refractivity contribution in [1.82, 2.24) is 0 Å². The Labute approximate surface area is 325 Å². The van der Waals surface area contributed by atoms with Gasteiger partial charge in [0.05, 0.1) is 45.5 Å². The van der Waals surface area contributed by atoms with E-state index in [-0.39, 0.29) is 12.4 Å². The van der Waals surface area contributed by atoms with Crippen LogP contribution in [0.3, 0.4) is 0 Å². The van der Waals surface area contributed by atoms with Gasteiger partial charge in [0, 0.05) is 0 Å². The van der Waals surface area contributed by atoms with E-state index in [0.29, 0.717) is 0 Å². The summed E-state index contributed by atoms with van der Waals surface area (Å²) in [7, 11) is -3.38. The molecule has 264 valence electrons. The van der Waals surface area contributed by atoms with Crippen molar-refractivity contribution in [2.24, 2.45) is 0 Å². The molecular weight excluding hydrogens is 699 g/mol. The highest BCUT2D eigenvalue weighted by Gasteiger charge is 2.66. The molecule has 0 unspecified atom stereocenters. The molecule has 0 aromatic heterocycles. The molecule has 0 atom stereocenters. The minimum atomic E-state index is -3.38. The SMILES string of the molecule is [Cl-].c1ccc(N(c2ccccc2)[P+](N(c2ccccc2)c2ccccc2)(N(c2ccccc2)c2ccccc2)N(c2ccccc2)c2ccccc2)cc1. The molecule has 0 amide bonds. The van der Waals surface area contributed by atoms with Gasteiger partial charge in [-0.3, -0.25) is 0 Å². The average molecular weight is 739 g/mol. The van der Waals surface area contributed by atoms with E-state index in [0.717, 1.165) is 45.5 Å². The molecule has 0 saturated heterocycles. The predicted molar refractivity (Wildman–Crippen MR) is 227 cm³/mol. The fraction of sp³-hybridized carbons (Fsp3) is 0. The van der Waals surface area contributed by atoms with Crippen LogP contribution in [0.25, 0.3) is 0 Å². The van der Waals surface area contributed by atoms with Crippen molar-refractivity contribution < 1.29 is 12.4 Å². The lowest BCUT2D eigenvalue weighted by Crippen LogP contribution is -3.00. The first kappa shape index (κ1) is 36.1. The van der Waals surface area contributed by atoms with E-state index in [1.807, 2.05) is 0 Å². The molecular formula is C48H40ClN4P. The number of hydrogen-bond donors (Lipinski definition) is 0. The van der Waals surface area contributed by atoms with Crippen molar-refractivity contribution in [3.8, 4) is 0 Å². The molecule has 8 aromatic carbocycles. The second-order valence-corrected chi connectivity index (χ2v) is 15.1. The van der Waals surface area contributed by atoms with E-state index in [1.165, 1.54) is 0 Å². The summed E-state index contributed by atoms with van der Waals surface area (Å²) in [5.41, 5.74) is 8.43. The first-order valence-corrected chi connectivity index (χ1v) is 19.5. The van der Waals surface area contributed by atoms with E-state index in [2.05, 4.69) is 261 Å². The Hall–Kier alpha value is -6.32. The Bertz CT molecular complexity index is 1790. The van der Waals surface area contributed by atoms with Crippen molar-refractivity contribution in [2.75, 3.05) is 18.7 Å². The van der Waals surface area contributed by atoms with Crippen LogP contribution in [0.5, 0.6) is 0 Å². The molecule has 0 aliphatic heterocycles. The first-order chi connectivity index (χ1) is 26.4. The number of halogens is 1. The molecule has 8 rings (SSSR count). The van der Waals surface area contributed by atoms with Gasteiger partial charge >= 0.3 is 7.87 Å². The molecule has 8 aromatic rings. The maximum Gasteiger partial charge on any atom is 0.424 e. The molecule has 0 bridgehead atoms. The zero-order chi connectivity index (χ0) is 35.7. The summed E-state index contributed by atoms with van der Waals surface area (Å²) in [6.07, 6.45) is 0.